The zero-order valence-electron chi connectivity index (χ0n) is 5.49. The first-order chi connectivity index (χ1) is 4.20. The molecule has 0 aliphatic rings. The van der Waals surface area contributed by atoms with Crippen molar-refractivity contribution in [2.24, 2.45) is 12.8 Å². The van der Waals surface area contributed by atoms with Crippen molar-refractivity contribution < 1.29 is 33.3 Å². The van der Waals surface area contributed by atoms with Crippen LogP contribution in [0.25, 0.3) is 0 Å². The number of hydrogen-bond acceptors (Lipinski definition) is 1. The number of carbonyl (C=O) groups excluding carboxylic acids is 1. The van der Waals surface area contributed by atoms with E-state index in [9.17, 15) is 4.79 Å². The molecular formula is C5H8IN3O. The third-order valence-corrected chi connectivity index (χ3v) is 1.02. The molecule has 0 aliphatic carbocycles. The Labute approximate surface area is 75.7 Å². The normalized spacial score (nSPS) is 8.50. The molecule has 0 saturated heterocycles. The van der Waals surface area contributed by atoms with Gasteiger partial charge in [-0.3, -0.25) is 0 Å². The lowest BCUT2D eigenvalue weighted by Gasteiger charge is -1.80. The van der Waals surface area contributed by atoms with Crippen molar-refractivity contribution in [3.8, 4) is 0 Å². The highest BCUT2D eigenvalue weighted by atomic mass is 127. The topological polar surface area (TPSA) is 51.9 Å². The predicted octanol–water partition coefficient (Wildman–Crippen LogP) is -3.76. The summed E-state index contributed by atoms with van der Waals surface area (Å²) in [5.74, 6) is 0. The molecule has 2 N–H and O–H groups in total. The van der Waals surface area contributed by atoms with E-state index in [2.05, 4.69) is 0 Å². The Kier molecular flexibility index (Phi) is 3.34. The van der Waals surface area contributed by atoms with Crippen LogP contribution in [0, 0.1) is 0 Å². The maximum absolute atomic E-state index is 10.4. The van der Waals surface area contributed by atoms with Gasteiger partial charge in [-0.15, -0.1) is 0 Å². The SMILES string of the molecule is C[n+]1ccn(C(N)=O)c1.[I-]. The highest BCUT2D eigenvalue weighted by molar-refractivity contribution is 5.73. The summed E-state index contributed by atoms with van der Waals surface area (Å²) >= 11 is 0. The molecular weight excluding hydrogens is 245 g/mol. The summed E-state index contributed by atoms with van der Waals surface area (Å²) in [4.78, 5) is 10.4. The maximum Gasteiger partial charge on any atom is 0.410 e. The molecule has 0 spiro atoms. The first-order valence-corrected chi connectivity index (χ1v) is 2.53. The molecule has 0 saturated carbocycles. The second kappa shape index (κ2) is 3.55. The smallest absolute Gasteiger partial charge is 0.410 e. The molecule has 0 fully saturated rings. The molecule has 0 atom stereocenters. The summed E-state index contributed by atoms with van der Waals surface area (Å²) in [5.41, 5.74) is 4.94. The summed E-state index contributed by atoms with van der Waals surface area (Å²) < 4.78 is 3.05. The fraction of sp³-hybridized carbons (Fsp3) is 0.200. The van der Waals surface area contributed by atoms with Gasteiger partial charge in [0, 0.05) is 0 Å². The average molecular weight is 253 g/mol. The van der Waals surface area contributed by atoms with Crippen molar-refractivity contribution >= 4 is 6.03 Å². The number of nitrogens with two attached hydrogens (primary N) is 1. The van der Waals surface area contributed by atoms with Crippen LogP contribution in [0.1, 0.15) is 0 Å². The zero-order valence-corrected chi connectivity index (χ0v) is 7.65. The number of imidazole rings is 1. The molecule has 4 nitrogen and oxygen atoms in total. The second-order valence-electron chi connectivity index (χ2n) is 1.82. The maximum atomic E-state index is 10.4. The van der Waals surface area contributed by atoms with Gasteiger partial charge in [-0.2, -0.15) is 4.57 Å². The average Bonchev–Trinajstić information content (AvgIpc) is 2.14. The summed E-state index contributed by atoms with van der Waals surface area (Å²) in [6.07, 6.45) is 4.94. The predicted molar refractivity (Wildman–Crippen MR) is 30.6 cm³/mol. The number of hydrogen-bond donors (Lipinski definition) is 1. The number of halogens is 1. The van der Waals surface area contributed by atoms with Crippen molar-refractivity contribution in [3.05, 3.63) is 18.7 Å². The zero-order chi connectivity index (χ0) is 6.85. The van der Waals surface area contributed by atoms with Crippen LogP contribution in [0.5, 0.6) is 0 Å². The highest BCUT2D eigenvalue weighted by Crippen LogP contribution is 1.77. The van der Waals surface area contributed by atoms with Crippen LogP contribution in [-0.2, 0) is 7.05 Å². The lowest BCUT2D eigenvalue weighted by Crippen LogP contribution is -3.00. The molecule has 1 rings (SSSR count). The van der Waals surface area contributed by atoms with Gasteiger partial charge >= 0.3 is 6.03 Å². The molecule has 56 valence electrons. The molecule has 0 bridgehead atoms. The summed E-state index contributed by atoms with van der Waals surface area (Å²) in [6.45, 7) is 0. The molecule has 5 heteroatoms. The fourth-order valence-electron chi connectivity index (χ4n) is 0.581. The lowest BCUT2D eigenvalue weighted by molar-refractivity contribution is -0.670. The van der Waals surface area contributed by atoms with E-state index in [4.69, 9.17) is 5.73 Å². The van der Waals surface area contributed by atoms with Crippen LogP contribution in [0.3, 0.4) is 0 Å². The van der Waals surface area contributed by atoms with Gasteiger partial charge in [0.1, 0.15) is 12.4 Å². The second-order valence-corrected chi connectivity index (χ2v) is 1.82. The minimum Gasteiger partial charge on any atom is -1.00 e. The van der Waals surface area contributed by atoms with Gasteiger partial charge in [-0.05, 0) is 0 Å². The third kappa shape index (κ3) is 1.98. The number of aryl methyl sites for hydroxylation is 1. The monoisotopic (exact) mass is 253 g/mol. The van der Waals surface area contributed by atoms with Crippen molar-refractivity contribution in [2.75, 3.05) is 0 Å². The molecule has 0 aromatic carbocycles. The van der Waals surface area contributed by atoms with Crippen molar-refractivity contribution in [1.82, 2.24) is 4.57 Å². The van der Waals surface area contributed by atoms with Crippen molar-refractivity contribution in [2.45, 2.75) is 0 Å². The van der Waals surface area contributed by atoms with Crippen LogP contribution in [0.2, 0.25) is 0 Å². The molecule has 1 amide bonds. The van der Waals surface area contributed by atoms with Crippen LogP contribution in [0.15, 0.2) is 18.7 Å². The van der Waals surface area contributed by atoms with E-state index >= 15 is 0 Å². The van der Waals surface area contributed by atoms with Gasteiger partial charge in [-0.25, -0.2) is 9.36 Å². The Bertz CT molecular complexity index is 233. The molecule has 0 unspecified atom stereocenters. The number of primary amides is 1. The Balaban J connectivity index is 0.000000810. The molecule has 10 heavy (non-hydrogen) atoms. The summed E-state index contributed by atoms with van der Waals surface area (Å²) in [7, 11) is 1.82. The first-order valence-electron chi connectivity index (χ1n) is 2.53. The van der Waals surface area contributed by atoms with Gasteiger partial charge < -0.3 is 29.7 Å². The molecule has 1 aromatic rings. The van der Waals surface area contributed by atoms with Crippen LogP contribution in [0.4, 0.5) is 4.79 Å². The van der Waals surface area contributed by atoms with Crippen LogP contribution < -0.4 is 34.3 Å². The Morgan fingerprint density at radius 3 is 2.50 bits per heavy atom. The molecule has 1 heterocycles. The van der Waals surface area contributed by atoms with Crippen molar-refractivity contribution in [3.63, 3.8) is 0 Å². The van der Waals surface area contributed by atoms with Gasteiger partial charge in [0.15, 0.2) is 0 Å². The van der Waals surface area contributed by atoms with Gasteiger partial charge in [0.25, 0.3) is 6.33 Å². The summed E-state index contributed by atoms with van der Waals surface area (Å²) in [5, 5.41) is 0. The van der Waals surface area contributed by atoms with E-state index in [1.165, 1.54) is 4.57 Å². The van der Waals surface area contributed by atoms with E-state index in [1.54, 1.807) is 23.3 Å². The number of rotatable bonds is 0. The van der Waals surface area contributed by atoms with E-state index in [0.29, 0.717) is 0 Å². The van der Waals surface area contributed by atoms with E-state index in [-0.39, 0.29) is 24.0 Å². The van der Waals surface area contributed by atoms with Gasteiger partial charge in [-0.1, -0.05) is 0 Å². The van der Waals surface area contributed by atoms with E-state index < -0.39 is 6.03 Å². The number of aromatic nitrogens is 2. The largest absolute Gasteiger partial charge is 1.00 e. The van der Waals surface area contributed by atoms with Crippen LogP contribution in [-0.4, -0.2) is 10.6 Å². The first kappa shape index (κ1) is 9.41. The van der Waals surface area contributed by atoms with E-state index in [0.717, 1.165) is 0 Å². The van der Waals surface area contributed by atoms with Gasteiger partial charge in [0.05, 0.1) is 7.05 Å². The van der Waals surface area contributed by atoms with Gasteiger partial charge in [0.2, 0.25) is 0 Å². The fourth-order valence-corrected chi connectivity index (χ4v) is 0.581. The Hall–Kier alpha value is -0.590. The lowest BCUT2D eigenvalue weighted by atomic mass is 10.9. The minimum atomic E-state index is -0.462. The highest BCUT2D eigenvalue weighted by Gasteiger charge is 2.03. The molecule has 1 aromatic heterocycles. The number of nitrogens with zero attached hydrogens (tertiary/aromatic N) is 2. The van der Waals surface area contributed by atoms with Crippen molar-refractivity contribution in [1.29, 1.82) is 0 Å². The van der Waals surface area contributed by atoms with Crippen LogP contribution >= 0.6 is 0 Å². The molecule has 0 aliphatic heterocycles. The van der Waals surface area contributed by atoms with E-state index in [1.807, 2.05) is 7.05 Å². The third-order valence-electron chi connectivity index (χ3n) is 1.02. The standard InChI is InChI=1S/C5H7N3O.HI/c1-7-2-3-8(4-7)5(6)9;/h2-4H,1H3,(H-,6,9);1H. The number of carbonyl (C=O) groups is 1. The summed E-state index contributed by atoms with van der Waals surface area (Å²) in [6, 6.07) is -0.462. The Morgan fingerprint density at radius 1 is 1.70 bits per heavy atom. The quantitative estimate of drug-likeness (QED) is 0.375. The Morgan fingerprint density at radius 2 is 2.30 bits per heavy atom. The molecule has 0 radical (unpaired) electrons. The number of amides is 1. The minimum absolute atomic E-state index is 0.